The fraction of sp³-hybridized carbons (Fsp3) is 0.200. The summed E-state index contributed by atoms with van der Waals surface area (Å²) in [7, 11) is 1.59. The van der Waals surface area contributed by atoms with E-state index in [1.807, 2.05) is 25.3 Å². The summed E-state index contributed by atoms with van der Waals surface area (Å²) in [6, 6.07) is 11.1. The molecule has 0 radical (unpaired) electrons. The molecule has 0 amide bonds. The van der Waals surface area contributed by atoms with Gasteiger partial charge in [0.05, 0.1) is 29.8 Å². The number of imidazole rings is 1. The number of hydrogen-bond donors (Lipinski definition) is 3. The molecule has 2 aromatic carbocycles. The first-order valence-electron chi connectivity index (χ1n) is 8.23. The van der Waals surface area contributed by atoms with Gasteiger partial charge in [0, 0.05) is 22.7 Å². The van der Waals surface area contributed by atoms with Crippen LogP contribution in [0.2, 0.25) is 0 Å². The normalized spacial score (nSPS) is 13.7. The second-order valence-corrected chi connectivity index (χ2v) is 6.54. The molecule has 130 valence electrons. The fourth-order valence-electron chi connectivity index (χ4n) is 3.47. The number of aliphatic hydroxyl groups is 1. The second kappa shape index (κ2) is 5.61. The first-order valence-corrected chi connectivity index (χ1v) is 8.23. The summed E-state index contributed by atoms with van der Waals surface area (Å²) >= 11 is 0. The molecule has 0 bridgehead atoms. The standard InChI is InChI=1S/C20H18N4O2/c1-11-8-16(26-3)17(13-6-7-22-18(11)13)20(2,25)19-23-14-5-4-12(10-21)9-15(14)24-19/h4-9,22,25H,1-3H3,(H,23,24). The van der Waals surface area contributed by atoms with Gasteiger partial charge in [-0.2, -0.15) is 5.26 Å². The smallest absolute Gasteiger partial charge is 0.148 e. The second-order valence-electron chi connectivity index (χ2n) is 6.54. The third kappa shape index (κ3) is 2.25. The number of rotatable bonds is 3. The van der Waals surface area contributed by atoms with Gasteiger partial charge in [-0.15, -0.1) is 0 Å². The molecule has 0 aliphatic carbocycles. The molecular weight excluding hydrogens is 328 g/mol. The first kappa shape index (κ1) is 16.2. The van der Waals surface area contributed by atoms with Gasteiger partial charge in [0.2, 0.25) is 0 Å². The van der Waals surface area contributed by atoms with Gasteiger partial charge in [-0.05, 0) is 49.7 Å². The first-order chi connectivity index (χ1) is 12.5. The number of fused-ring (bicyclic) bond motifs is 2. The largest absolute Gasteiger partial charge is 0.496 e. The van der Waals surface area contributed by atoms with E-state index < -0.39 is 5.60 Å². The van der Waals surface area contributed by atoms with E-state index in [2.05, 4.69) is 21.0 Å². The van der Waals surface area contributed by atoms with Gasteiger partial charge in [0.15, 0.2) is 0 Å². The van der Waals surface area contributed by atoms with Crippen LogP contribution >= 0.6 is 0 Å². The molecule has 1 unspecified atom stereocenters. The highest BCUT2D eigenvalue weighted by Crippen LogP contribution is 2.41. The van der Waals surface area contributed by atoms with Crippen molar-refractivity contribution in [2.75, 3.05) is 7.11 Å². The number of H-pyrrole nitrogens is 2. The van der Waals surface area contributed by atoms with Gasteiger partial charge < -0.3 is 19.8 Å². The van der Waals surface area contributed by atoms with Crippen LogP contribution in [0.25, 0.3) is 21.9 Å². The molecule has 0 fully saturated rings. The number of nitriles is 1. The maximum Gasteiger partial charge on any atom is 0.148 e. The molecular formula is C20H18N4O2. The van der Waals surface area contributed by atoms with Crippen molar-refractivity contribution in [3.63, 3.8) is 0 Å². The van der Waals surface area contributed by atoms with E-state index in [-0.39, 0.29) is 0 Å². The van der Waals surface area contributed by atoms with Crippen LogP contribution in [0.4, 0.5) is 0 Å². The van der Waals surface area contributed by atoms with Crippen LogP contribution in [-0.2, 0) is 5.60 Å². The van der Waals surface area contributed by atoms with Crippen LogP contribution < -0.4 is 4.74 Å². The highest BCUT2D eigenvalue weighted by Gasteiger charge is 2.35. The predicted molar refractivity (Wildman–Crippen MR) is 99.1 cm³/mol. The van der Waals surface area contributed by atoms with E-state index in [9.17, 15) is 5.11 Å². The zero-order valence-corrected chi connectivity index (χ0v) is 14.7. The number of ether oxygens (including phenoxy) is 1. The predicted octanol–water partition coefficient (Wildman–Crippen LogP) is 3.49. The van der Waals surface area contributed by atoms with Crippen molar-refractivity contribution in [1.82, 2.24) is 15.0 Å². The number of aromatic nitrogens is 3. The molecule has 6 nitrogen and oxygen atoms in total. The Hall–Kier alpha value is -3.30. The number of methoxy groups -OCH3 is 1. The third-order valence-electron chi connectivity index (χ3n) is 4.78. The Labute approximate surface area is 150 Å². The van der Waals surface area contributed by atoms with E-state index in [4.69, 9.17) is 10.00 Å². The highest BCUT2D eigenvalue weighted by molar-refractivity contribution is 5.89. The number of aryl methyl sites for hydroxylation is 1. The molecule has 26 heavy (non-hydrogen) atoms. The molecule has 4 rings (SSSR count). The van der Waals surface area contributed by atoms with E-state index >= 15 is 0 Å². The molecule has 0 aliphatic rings. The molecule has 2 aromatic heterocycles. The molecule has 3 N–H and O–H groups in total. The van der Waals surface area contributed by atoms with Crippen molar-refractivity contribution in [3.05, 3.63) is 59.0 Å². The van der Waals surface area contributed by atoms with Crippen molar-refractivity contribution < 1.29 is 9.84 Å². The Morgan fingerprint density at radius 1 is 1.27 bits per heavy atom. The molecule has 0 spiro atoms. The van der Waals surface area contributed by atoms with Crippen LogP contribution in [0.1, 0.15) is 29.4 Å². The fourth-order valence-corrected chi connectivity index (χ4v) is 3.47. The third-order valence-corrected chi connectivity index (χ3v) is 4.78. The number of nitrogens with zero attached hydrogens (tertiary/aromatic N) is 2. The summed E-state index contributed by atoms with van der Waals surface area (Å²) in [5.41, 5.74) is 3.14. The van der Waals surface area contributed by atoms with Crippen molar-refractivity contribution in [2.45, 2.75) is 19.4 Å². The van der Waals surface area contributed by atoms with Crippen molar-refractivity contribution >= 4 is 21.9 Å². The lowest BCUT2D eigenvalue weighted by molar-refractivity contribution is 0.0920. The molecule has 2 heterocycles. The minimum atomic E-state index is -1.41. The molecule has 4 aromatic rings. The Kier molecular flexibility index (Phi) is 3.49. The zero-order valence-electron chi connectivity index (χ0n) is 14.7. The minimum absolute atomic E-state index is 0.396. The quantitative estimate of drug-likeness (QED) is 0.529. The molecule has 0 saturated heterocycles. The van der Waals surface area contributed by atoms with Crippen LogP contribution in [0.15, 0.2) is 36.5 Å². The van der Waals surface area contributed by atoms with Crippen molar-refractivity contribution in [2.24, 2.45) is 0 Å². The number of aromatic amines is 2. The van der Waals surface area contributed by atoms with Gasteiger partial charge in [0.1, 0.15) is 17.2 Å². The van der Waals surface area contributed by atoms with Crippen LogP contribution in [0.5, 0.6) is 5.75 Å². The van der Waals surface area contributed by atoms with E-state index in [1.54, 1.807) is 32.2 Å². The topological polar surface area (TPSA) is 97.7 Å². The molecule has 6 heteroatoms. The summed E-state index contributed by atoms with van der Waals surface area (Å²) in [4.78, 5) is 10.9. The van der Waals surface area contributed by atoms with Gasteiger partial charge >= 0.3 is 0 Å². The number of hydrogen-bond acceptors (Lipinski definition) is 4. The van der Waals surface area contributed by atoms with E-state index in [0.717, 1.165) is 16.5 Å². The minimum Gasteiger partial charge on any atom is -0.496 e. The summed E-state index contributed by atoms with van der Waals surface area (Å²) < 4.78 is 5.56. The average Bonchev–Trinajstić information content (AvgIpc) is 3.27. The Bertz CT molecular complexity index is 1180. The molecule has 0 saturated carbocycles. The summed E-state index contributed by atoms with van der Waals surface area (Å²) in [6.45, 7) is 3.68. The summed E-state index contributed by atoms with van der Waals surface area (Å²) in [6.07, 6.45) is 1.84. The maximum atomic E-state index is 11.5. The number of benzene rings is 2. The van der Waals surface area contributed by atoms with Crippen LogP contribution in [0.3, 0.4) is 0 Å². The van der Waals surface area contributed by atoms with E-state index in [1.165, 1.54) is 0 Å². The van der Waals surface area contributed by atoms with E-state index in [0.29, 0.717) is 33.7 Å². The van der Waals surface area contributed by atoms with Crippen molar-refractivity contribution in [1.29, 1.82) is 5.26 Å². The highest BCUT2D eigenvalue weighted by atomic mass is 16.5. The van der Waals surface area contributed by atoms with Gasteiger partial charge in [0.25, 0.3) is 0 Å². The lowest BCUT2D eigenvalue weighted by Gasteiger charge is -2.25. The van der Waals surface area contributed by atoms with Gasteiger partial charge in [-0.25, -0.2) is 4.98 Å². The van der Waals surface area contributed by atoms with Gasteiger partial charge in [-0.3, -0.25) is 0 Å². The average molecular weight is 346 g/mol. The monoisotopic (exact) mass is 346 g/mol. The van der Waals surface area contributed by atoms with Crippen LogP contribution in [0, 0.1) is 18.3 Å². The summed E-state index contributed by atoms with van der Waals surface area (Å²) in [5, 5.41) is 21.4. The lowest BCUT2D eigenvalue weighted by Crippen LogP contribution is -2.25. The molecule has 0 aliphatic heterocycles. The summed E-state index contributed by atoms with van der Waals surface area (Å²) in [5.74, 6) is 0.991. The van der Waals surface area contributed by atoms with Crippen molar-refractivity contribution in [3.8, 4) is 11.8 Å². The Balaban J connectivity index is 1.97. The number of nitrogens with one attached hydrogen (secondary N) is 2. The van der Waals surface area contributed by atoms with Gasteiger partial charge in [-0.1, -0.05) is 0 Å². The molecule has 1 atom stereocenters. The Morgan fingerprint density at radius 2 is 2.08 bits per heavy atom. The maximum absolute atomic E-state index is 11.5. The SMILES string of the molecule is COc1cc(C)c2[nH]ccc2c1C(C)(O)c1nc2ccc(C#N)cc2[nH]1. The lowest BCUT2D eigenvalue weighted by atomic mass is 9.90. The van der Waals surface area contributed by atoms with Crippen LogP contribution in [-0.4, -0.2) is 27.2 Å². The Morgan fingerprint density at radius 3 is 2.81 bits per heavy atom. The zero-order chi connectivity index (χ0) is 18.5.